The van der Waals surface area contributed by atoms with Gasteiger partial charge in [-0.3, -0.25) is 4.79 Å². The Labute approximate surface area is 144 Å². The Kier molecular flexibility index (Phi) is 16.6. The maximum atomic E-state index is 11.6. The molecule has 0 spiro atoms. The summed E-state index contributed by atoms with van der Waals surface area (Å²) in [6, 6.07) is 0. The van der Waals surface area contributed by atoms with Gasteiger partial charge < -0.3 is 10.1 Å². The van der Waals surface area contributed by atoms with Crippen molar-refractivity contribution < 1.29 is 9.53 Å². The third kappa shape index (κ3) is 17.2. The molecule has 3 nitrogen and oxygen atoms in total. The molecule has 1 N–H and O–H groups in total. The van der Waals surface area contributed by atoms with Gasteiger partial charge in [-0.05, 0) is 13.3 Å². The first-order chi connectivity index (χ1) is 11.2. The fourth-order valence-corrected chi connectivity index (χ4v) is 2.78. The summed E-state index contributed by atoms with van der Waals surface area (Å²) in [5, 5.41) is 2.79. The number of hydrogen-bond acceptors (Lipinski definition) is 2. The topological polar surface area (TPSA) is 38.3 Å². The van der Waals surface area contributed by atoms with Crippen molar-refractivity contribution in [2.24, 2.45) is 0 Å². The van der Waals surface area contributed by atoms with Gasteiger partial charge in [0.2, 0.25) is 5.91 Å². The van der Waals surface area contributed by atoms with Gasteiger partial charge in [0.25, 0.3) is 0 Å². The van der Waals surface area contributed by atoms with Crippen molar-refractivity contribution in [3.63, 3.8) is 0 Å². The molecule has 0 aliphatic carbocycles. The van der Waals surface area contributed by atoms with E-state index in [9.17, 15) is 4.79 Å². The molecule has 0 aromatic rings. The predicted molar refractivity (Wildman–Crippen MR) is 99.2 cm³/mol. The Balaban J connectivity index is 3.18. The second kappa shape index (κ2) is 17.4. The maximum absolute atomic E-state index is 11.6. The molecule has 0 saturated heterocycles. The average molecular weight is 326 g/mol. The third-order valence-corrected chi connectivity index (χ3v) is 4.17. The molecule has 0 radical (unpaired) electrons. The zero-order valence-corrected chi connectivity index (χ0v) is 15.6. The number of carbonyl (C=O) groups excluding carboxylic acids is 1. The molecule has 3 heteroatoms. The molecule has 1 amide bonds. The highest BCUT2D eigenvalue weighted by molar-refractivity contribution is 5.75. The van der Waals surface area contributed by atoms with Crippen LogP contribution in [-0.4, -0.2) is 12.1 Å². The molecule has 23 heavy (non-hydrogen) atoms. The first kappa shape index (κ1) is 22.0. The lowest BCUT2D eigenvalue weighted by Crippen LogP contribution is -2.33. The summed E-state index contributed by atoms with van der Waals surface area (Å²) in [7, 11) is 0. The van der Waals surface area contributed by atoms with E-state index in [4.69, 9.17) is 4.74 Å². The van der Waals surface area contributed by atoms with Crippen LogP contribution in [0.15, 0.2) is 12.8 Å². The quantitative estimate of drug-likeness (QED) is 0.200. The van der Waals surface area contributed by atoms with Crippen molar-refractivity contribution in [2.45, 2.75) is 110 Å². The molecule has 0 aromatic carbocycles. The second-order valence-electron chi connectivity index (χ2n) is 6.51. The standard InChI is InChI=1S/C20H39NO2/c1-4-6-7-8-9-10-11-12-13-14-15-16-17-18-20(22)21-19(3)23-5-2/h5,19H,2,4,6-18H2,1,3H3,(H,21,22). The molecule has 0 fully saturated rings. The van der Waals surface area contributed by atoms with Crippen LogP contribution in [0.4, 0.5) is 0 Å². The Bertz CT molecular complexity index is 279. The summed E-state index contributed by atoms with van der Waals surface area (Å²) in [5.74, 6) is 0.0717. The molecule has 136 valence electrons. The Morgan fingerprint density at radius 3 is 1.78 bits per heavy atom. The van der Waals surface area contributed by atoms with E-state index in [0.717, 1.165) is 12.8 Å². The molecule has 1 unspecified atom stereocenters. The van der Waals surface area contributed by atoms with Crippen LogP contribution in [0.2, 0.25) is 0 Å². The van der Waals surface area contributed by atoms with Crippen LogP contribution in [0.5, 0.6) is 0 Å². The minimum absolute atomic E-state index is 0.0717. The van der Waals surface area contributed by atoms with Crippen molar-refractivity contribution in [1.82, 2.24) is 5.32 Å². The van der Waals surface area contributed by atoms with Gasteiger partial charge in [-0.1, -0.05) is 90.6 Å². The van der Waals surface area contributed by atoms with Gasteiger partial charge in [0, 0.05) is 6.42 Å². The highest BCUT2D eigenvalue weighted by Gasteiger charge is 2.05. The van der Waals surface area contributed by atoms with Crippen molar-refractivity contribution in [2.75, 3.05) is 0 Å². The zero-order valence-electron chi connectivity index (χ0n) is 15.6. The van der Waals surface area contributed by atoms with Crippen LogP contribution in [-0.2, 0) is 9.53 Å². The normalized spacial score (nSPS) is 11.9. The van der Waals surface area contributed by atoms with Crippen molar-refractivity contribution in [1.29, 1.82) is 0 Å². The lowest BCUT2D eigenvalue weighted by Gasteiger charge is -2.12. The van der Waals surface area contributed by atoms with Crippen LogP contribution in [0.25, 0.3) is 0 Å². The Hall–Kier alpha value is -0.990. The van der Waals surface area contributed by atoms with E-state index in [1.165, 1.54) is 76.9 Å². The summed E-state index contributed by atoms with van der Waals surface area (Å²) >= 11 is 0. The monoisotopic (exact) mass is 325 g/mol. The minimum Gasteiger partial charge on any atom is -0.479 e. The molecular formula is C20H39NO2. The molecule has 1 atom stereocenters. The Morgan fingerprint density at radius 1 is 0.913 bits per heavy atom. The third-order valence-electron chi connectivity index (χ3n) is 4.17. The van der Waals surface area contributed by atoms with E-state index < -0.39 is 0 Å². The van der Waals surface area contributed by atoms with Gasteiger partial charge in [-0.25, -0.2) is 0 Å². The van der Waals surface area contributed by atoms with Gasteiger partial charge in [0.15, 0.2) is 6.23 Å². The molecule has 0 heterocycles. The van der Waals surface area contributed by atoms with E-state index in [1.807, 2.05) is 6.92 Å². The number of amides is 1. The maximum Gasteiger partial charge on any atom is 0.222 e. The Morgan fingerprint density at radius 2 is 1.35 bits per heavy atom. The van der Waals surface area contributed by atoms with E-state index in [-0.39, 0.29) is 12.1 Å². The van der Waals surface area contributed by atoms with E-state index in [0.29, 0.717) is 6.42 Å². The number of carbonyl (C=O) groups is 1. The largest absolute Gasteiger partial charge is 0.479 e. The number of nitrogens with one attached hydrogen (secondary N) is 1. The van der Waals surface area contributed by atoms with E-state index in [1.54, 1.807) is 0 Å². The van der Waals surface area contributed by atoms with E-state index >= 15 is 0 Å². The van der Waals surface area contributed by atoms with Gasteiger partial charge in [-0.15, -0.1) is 0 Å². The number of hydrogen-bond donors (Lipinski definition) is 1. The fraction of sp³-hybridized carbons (Fsp3) is 0.850. The van der Waals surface area contributed by atoms with Crippen molar-refractivity contribution >= 4 is 5.91 Å². The summed E-state index contributed by atoms with van der Waals surface area (Å²) < 4.78 is 5.06. The SMILES string of the molecule is C=COC(C)NC(=O)CCCCCCCCCCCCCCC. The zero-order chi connectivity index (χ0) is 17.2. The number of unbranched alkanes of at least 4 members (excludes halogenated alkanes) is 12. The summed E-state index contributed by atoms with van der Waals surface area (Å²) in [6.45, 7) is 7.55. The van der Waals surface area contributed by atoms with Gasteiger partial charge in [-0.2, -0.15) is 0 Å². The summed E-state index contributed by atoms with van der Waals surface area (Å²) in [6.07, 6.45) is 18.9. The second-order valence-corrected chi connectivity index (χ2v) is 6.51. The van der Waals surface area contributed by atoms with Gasteiger partial charge in [0.05, 0.1) is 6.26 Å². The number of ether oxygens (including phenoxy) is 1. The summed E-state index contributed by atoms with van der Waals surface area (Å²) in [4.78, 5) is 11.6. The van der Waals surface area contributed by atoms with Crippen LogP contribution in [0.1, 0.15) is 104 Å². The van der Waals surface area contributed by atoms with Gasteiger partial charge in [0.1, 0.15) is 0 Å². The fourth-order valence-electron chi connectivity index (χ4n) is 2.78. The molecule has 0 rings (SSSR count). The predicted octanol–water partition coefficient (Wildman–Crippen LogP) is 6.09. The van der Waals surface area contributed by atoms with Crippen molar-refractivity contribution in [3.8, 4) is 0 Å². The highest BCUT2D eigenvalue weighted by atomic mass is 16.5. The molecule has 0 aromatic heterocycles. The van der Waals surface area contributed by atoms with Crippen LogP contribution in [0.3, 0.4) is 0 Å². The highest BCUT2D eigenvalue weighted by Crippen LogP contribution is 2.12. The van der Waals surface area contributed by atoms with Crippen LogP contribution >= 0.6 is 0 Å². The van der Waals surface area contributed by atoms with Crippen molar-refractivity contribution in [3.05, 3.63) is 12.8 Å². The van der Waals surface area contributed by atoms with E-state index in [2.05, 4.69) is 18.8 Å². The van der Waals surface area contributed by atoms with Crippen LogP contribution < -0.4 is 5.32 Å². The first-order valence-electron chi connectivity index (χ1n) is 9.76. The molecule has 0 bridgehead atoms. The lowest BCUT2D eigenvalue weighted by molar-refractivity contribution is -0.124. The molecular weight excluding hydrogens is 286 g/mol. The lowest BCUT2D eigenvalue weighted by atomic mass is 10.0. The molecule has 0 saturated carbocycles. The summed E-state index contributed by atoms with van der Waals surface area (Å²) in [5.41, 5.74) is 0. The first-order valence-corrected chi connectivity index (χ1v) is 9.76. The minimum atomic E-state index is -0.276. The smallest absolute Gasteiger partial charge is 0.222 e. The molecule has 0 aliphatic heterocycles. The van der Waals surface area contributed by atoms with Gasteiger partial charge >= 0.3 is 0 Å². The number of rotatable bonds is 17. The van der Waals surface area contributed by atoms with Crippen LogP contribution in [0, 0.1) is 0 Å². The average Bonchev–Trinajstić information content (AvgIpc) is 2.52. The molecule has 0 aliphatic rings.